The van der Waals surface area contributed by atoms with Crippen molar-refractivity contribution in [3.8, 4) is 6.07 Å². The van der Waals surface area contributed by atoms with E-state index in [9.17, 15) is 14.9 Å². The molecule has 1 aromatic carbocycles. The molecule has 39 heavy (non-hydrogen) atoms. The molecule has 0 fully saturated rings. The van der Waals surface area contributed by atoms with Crippen LogP contribution in [0.2, 0.25) is 5.02 Å². The molecule has 5 rings (SSSR count). The maximum Gasteiger partial charge on any atom is 0.234 e. The number of Topliss-reactive ketones (excluding diaryl/α,β-unsaturated/α-hetero) is 1. The van der Waals surface area contributed by atoms with Crippen LogP contribution in [0.15, 0.2) is 63.4 Å². The van der Waals surface area contributed by atoms with Crippen LogP contribution in [0.25, 0.3) is 0 Å². The third kappa shape index (κ3) is 5.61. The topological polar surface area (TPSA) is 125 Å². The van der Waals surface area contributed by atoms with Gasteiger partial charge in [0.25, 0.3) is 0 Å². The first-order valence-corrected chi connectivity index (χ1v) is 15.1. The van der Waals surface area contributed by atoms with Crippen LogP contribution in [-0.4, -0.2) is 27.6 Å². The number of nitrogens with one attached hydrogen (secondary N) is 1. The first-order chi connectivity index (χ1) is 18.6. The largest absolute Gasteiger partial charge is 0.384 e. The van der Waals surface area contributed by atoms with Crippen molar-refractivity contribution in [2.24, 2.45) is 11.1 Å². The number of amides is 1. The minimum Gasteiger partial charge on any atom is -0.384 e. The van der Waals surface area contributed by atoms with E-state index in [2.05, 4.69) is 35.4 Å². The van der Waals surface area contributed by atoms with Crippen molar-refractivity contribution in [2.45, 2.75) is 43.9 Å². The van der Waals surface area contributed by atoms with Crippen LogP contribution in [0.4, 0.5) is 10.8 Å². The number of nitrogens with zero attached hydrogens (tertiary/aromatic N) is 4. The summed E-state index contributed by atoms with van der Waals surface area (Å²) >= 11 is 10.1. The lowest BCUT2D eigenvalue weighted by atomic mass is 9.70. The zero-order chi connectivity index (χ0) is 27.9. The third-order valence-corrected chi connectivity index (χ3v) is 9.79. The standard InChI is InChI=1S/C27H25ClN6O2S3/c1-14-7-8-20(38-14)22-17(12-29)24(30)34(18-10-27(2,3)11-19(35)23(18)22)25-32-33-26(39-25)37-13-21(36)31-16-6-4-5-15(28)9-16/h4-9,22H,10-11,13,30H2,1-3H3,(H,31,36). The number of nitriles is 1. The Morgan fingerprint density at radius 3 is 2.77 bits per heavy atom. The molecule has 200 valence electrons. The highest BCUT2D eigenvalue weighted by Crippen LogP contribution is 2.51. The van der Waals surface area contributed by atoms with E-state index in [1.807, 2.05) is 19.1 Å². The normalized spacial score (nSPS) is 18.7. The van der Waals surface area contributed by atoms with E-state index in [1.165, 1.54) is 23.1 Å². The summed E-state index contributed by atoms with van der Waals surface area (Å²) in [5.41, 5.74) is 8.69. The number of rotatable bonds is 6. The van der Waals surface area contributed by atoms with Gasteiger partial charge < -0.3 is 11.1 Å². The van der Waals surface area contributed by atoms with Crippen molar-refractivity contribution in [3.05, 3.63) is 73.8 Å². The van der Waals surface area contributed by atoms with Gasteiger partial charge in [0.05, 0.1) is 23.3 Å². The van der Waals surface area contributed by atoms with Crippen molar-refractivity contribution < 1.29 is 9.59 Å². The molecule has 1 atom stereocenters. The van der Waals surface area contributed by atoms with Gasteiger partial charge in [0, 0.05) is 38.2 Å². The van der Waals surface area contributed by atoms with Crippen LogP contribution in [0.5, 0.6) is 0 Å². The molecule has 0 bridgehead atoms. The van der Waals surface area contributed by atoms with E-state index in [4.69, 9.17) is 17.3 Å². The molecule has 0 saturated heterocycles. The number of halogens is 1. The predicted octanol–water partition coefficient (Wildman–Crippen LogP) is 6.23. The van der Waals surface area contributed by atoms with Crippen LogP contribution in [0.3, 0.4) is 0 Å². The first kappa shape index (κ1) is 27.4. The molecule has 1 amide bonds. The molecular weight excluding hydrogens is 572 g/mol. The number of thioether (sulfide) groups is 1. The Morgan fingerprint density at radius 1 is 1.28 bits per heavy atom. The fraction of sp³-hybridized carbons (Fsp3) is 0.296. The molecule has 3 heterocycles. The number of thiophene rings is 1. The SMILES string of the molecule is Cc1ccc(C2C(C#N)=C(N)N(c3nnc(SCC(=O)Nc4cccc(Cl)c4)s3)C3=C2C(=O)CC(C)(C)C3)s1. The van der Waals surface area contributed by atoms with E-state index in [0.29, 0.717) is 44.2 Å². The number of aryl methyl sites for hydroxylation is 1. The number of nitrogens with two attached hydrogens (primary N) is 1. The molecule has 2 aliphatic rings. The molecule has 1 aliphatic heterocycles. The summed E-state index contributed by atoms with van der Waals surface area (Å²) in [4.78, 5) is 29.8. The predicted molar refractivity (Wildman–Crippen MR) is 157 cm³/mol. The van der Waals surface area contributed by atoms with Gasteiger partial charge in [0.2, 0.25) is 11.0 Å². The first-order valence-electron chi connectivity index (χ1n) is 12.1. The maximum absolute atomic E-state index is 13.6. The Hall–Kier alpha value is -3.17. The molecule has 8 nitrogen and oxygen atoms in total. The lowest BCUT2D eigenvalue weighted by Gasteiger charge is -2.42. The van der Waals surface area contributed by atoms with Gasteiger partial charge in [-0.05, 0) is 49.1 Å². The van der Waals surface area contributed by atoms with Gasteiger partial charge in [-0.15, -0.1) is 21.5 Å². The Bertz CT molecular complexity index is 1580. The number of anilines is 2. The van der Waals surface area contributed by atoms with Gasteiger partial charge in [-0.1, -0.05) is 54.6 Å². The number of allylic oxidation sites excluding steroid dienone is 3. The minimum absolute atomic E-state index is 0.0133. The number of carbonyl (C=O) groups is 2. The highest BCUT2D eigenvalue weighted by atomic mass is 35.5. The molecule has 0 radical (unpaired) electrons. The van der Waals surface area contributed by atoms with Gasteiger partial charge >= 0.3 is 0 Å². The molecular formula is C27H25ClN6O2S3. The van der Waals surface area contributed by atoms with Crippen molar-refractivity contribution in [3.63, 3.8) is 0 Å². The summed E-state index contributed by atoms with van der Waals surface area (Å²) in [5, 5.41) is 22.6. The van der Waals surface area contributed by atoms with Gasteiger partial charge in [-0.3, -0.25) is 14.5 Å². The average Bonchev–Trinajstić information content (AvgIpc) is 3.50. The summed E-state index contributed by atoms with van der Waals surface area (Å²) in [6.45, 7) is 6.10. The van der Waals surface area contributed by atoms with Crippen LogP contribution in [0, 0.1) is 23.7 Å². The molecule has 2 aromatic heterocycles. The number of aromatic nitrogens is 2. The molecule has 0 spiro atoms. The monoisotopic (exact) mass is 596 g/mol. The minimum atomic E-state index is -0.500. The highest BCUT2D eigenvalue weighted by molar-refractivity contribution is 8.01. The zero-order valence-corrected chi connectivity index (χ0v) is 24.7. The van der Waals surface area contributed by atoms with E-state index in [1.54, 1.807) is 40.5 Å². The van der Waals surface area contributed by atoms with Crippen LogP contribution < -0.4 is 16.0 Å². The summed E-state index contributed by atoms with van der Waals surface area (Å²) in [7, 11) is 0. The Labute approximate surface area is 243 Å². The highest BCUT2D eigenvalue weighted by Gasteiger charge is 2.45. The lowest BCUT2D eigenvalue weighted by molar-refractivity contribution is -0.118. The smallest absolute Gasteiger partial charge is 0.234 e. The van der Waals surface area contributed by atoms with Gasteiger partial charge in [-0.2, -0.15) is 5.26 Å². The fourth-order valence-corrected chi connectivity index (χ4v) is 7.73. The Morgan fingerprint density at radius 2 is 2.08 bits per heavy atom. The van der Waals surface area contributed by atoms with Gasteiger partial charge in [0.15, 0.2) is 10.1 Å². The van der Waals surface area contributed by atoms with Crippen LogP contribution >= 0.6 is 46.0 Å². The molecule has 3 aromatic rings. The molecule has 1 unspecified atom stereocenters. The summed E-state index contributed by atoms with van der Waals surface area (Å²) < 4.78 is 0.567. The van der Waals surface area contributed by atoms with Crippen LogP contribution in [0.1, 0.15) is 42.4 Å². The van der Waals surface area contributed by atoms with Crippen molar-refractivity contribution in [1.29, 1.82) is 5.26 Å². The van der Waals surface area contributed by atoms with E-state index >= 15 is 0 Å². The zero-order valence-electron chi connectivity index (χ0n) is 21.4. The molecule has 3 N–H and O–H groups in total. The van der Waals surface area contributed by atoms with Crippen molar-refractivity contribution in [2.75, 3.05) is 16.0 Å². The van der Waals surface area contributed by atoms with E-state index in [-0.39, 0.29) is 28.7 Å². The van der Waals surface area contributed by atoms with Crippen molar-refractivity contribution in [1.82, 2.24) is 10.2 Å². The quantitative estimate of drug-likeness (QED) is 0.321. The maximum atomic E-state index is 13.6. The van der Waals surface area contributed by atoms with Gasteiger partial charge in [0.1, 0.15) is 5.82 Å². The summed E-state index contributed by atoms with van der Waals surface area (Å²) in [6, 6.07) is 13.2. The second kappa shape index (κ2) is 10.8. The summed E-state index contributed by atoms with van der Waals surface area (Å²) in [6.07, 6.45) is 0.983. The molecule has 0 saturated carbocycles. The number of hydrogen-bond donors (Lipinski definition) is 2. The van der Waals surface area contributed by atoms with Crippen LogP contribution in [-0.2, 0) is 9.59 Å². The second-order valence-corrected chi connectivity index (χ2v) is 14.1. The number of benzene rings is 1. The lowest BCUT2D eigenvalue weighted by Crippen LogP contribution is -2.42. The number of hydrogen-bond acceptors (Lipinski definition) is 10. The third-order valence-electron chi connectivity index (χ3n) is 6.45. The Balaban J connectivity index is 1.45. The second-order valence-electron chi connectivity index (χ2n) is 10.1. The Kier molecular flexibility index (Phi) is 7.57. The average molecular weight is 597 g/mol. The molecule has 12 heteroatoms. The van der Waals surface area contributed by atoms with E-state index < -0.39 is 5.92 Å². The van der Waals surface area contributed by atoms with E-state index in [0.717, 1.165) is 15.5 Å². The number of carbonyl (C=O) groups excluding carboxylic acids is 2. The van der Waals surface area contributed by atoms with Gasteiger partial charge in [-0.25, -0.2) is 0 Å². The van der Waals surface area contributed by atoms with Crippen molar-refractivity contribution >= 4 is 68.5 Å². The summed E-state index contributed by atoms with van der Waals surface area (Å²) in [5.74, 6) is -0.319. The number of ketones is 1. The fourth-order valence-electron chi connectivity index (χ4n) is 4.86. The molecule has 1 aliphatic carbocycles.